The number of hydrogen-bond donors (Lipinski definition) is 9. The van der Waals surface area contributed by atoms with Crippen LogP contribution in [0, 0.1) is 0 Å². The zero-order valence-corrected chi connectivity index (χ0v) is 17.2. The van der Waals surface area contributed by atoms with Crippen LogP contribution in [-0.2, 0) is 18.9 Å². The molecule has 0 unspecified atom stereocenters. The van der Waals surface area contributed by atoms with Gasteiger partial charge in [0.05, 0.1) is 37.0 Å². The van der Waals surface area contributed by atoms with Crippen LogP contribution in [0.15, 0.2) is 0 Å². The molecular weight excluding hydrogens is 416 g/mol. The molecule has 1 saturated carbocycles. The van der Waals surface area contributed by atoms with Crippen molar-refractivity contribution < 1.29 is 44.5 Å². The van der Waals surface area contributed by atoms with Crippen molar-refractivity contribution >= 4 is 0 Å². The standard InChI is InChI=1S/C18H36N4O9/c19-4-10-8(24)3-7(21)17(29-10)28-9-2-1-6(20)16(14(9)26)31-18-15(27)12(22)13(25)11(5-23)30-18/h6-18,23-27H,1-5,19-22H2/t6-,7-,8+,9-,10-,11-,12-,13-,14+,15-,16+,17+,18-/m1/s1. The van der Waals surface area contributed by atoms with Crippen molar-refractivity contribution in [1.29, 1.82) is 0 Å². The second kappa shape index (κ2) is 10.6. The van der Waals surface area contributed by atoms with Gasteiger partial charge >= 0.3 is 0 Å². The lowest BCUT2D eigenvalue weighted by molar-refractivity contribution is -0.313. The van der Waals surface area contributed by atoms with Crippen LogP contribution in [0.25, 0.3) is 0 Å². The van der Waals surface area contributed by atoms with Crippen molar-refractivity contribution in [2.45, 2.75) is 98.8 Å². The number of aliphatic hydroxyl groups excluding tert-OH is 5. The molecule has 0 amide bonds. The molecule has 3 rings (SSSR count). The minimum atomic E-state index is -1.40. The number of ether oxygens (including phenoxy) is 4. The normalized spacial score (nSPS) is 51.6. The predicted octanol–water partition coefficient (Wildman–Crippen LogP) is -5.23. The Morgan fingerprint density at radius 1 is 0.806 bits per heavy atom. The number of rotatable bonds is 6. The monoisotopic (exact) mass is 452 g/mol. The van der Waals surface area contributed by atoms with Crippen LogP contribution >= 0.6 is 0 Å². The Hall–Kier alpha value is -0.520. The molecule has 2 saturated heterocycles. The fourth-order valence-corrected chi connectivity index (χ4v) is 4.29. The molecule has 2 heterocycles. The van der Waals surface area contributed by atoms with E-state index in [1.165, 1.54) is 0 Å². The highest BCUT2D eigenvalue weighted by Gasteiger charge is 2.48. The van der Waals surface area contributed by atoms with E-state index in [1.54, 1.807) is 0 Å². The highest BCUT2D eigenvalue weighted by molar-refractivity contribution is 4.96. The third-order valence-corrected chi connectivity index (χ3v) is 6.30. The Kier molecular flexibility index (Phi) is 8.59. The Morgan fingerprint density at radius 3 is 2.13 bits per heavy atom. The van der Waals surface area contributed by atoms with E-state index < -0.39 is 86.1 Å². The molecule has 3 fully saturated rings. The maximum Gasteiger partial charge on any atom is 0.186 e. The first kappa shape index (κ1) is 25.1. The summed E-state index contributed by atoms with van der Waals surface area (Å²) in [6.45, 7) is -0.440. The molecule has 3 aliphatic rings. The summed E-state index contributed by atoms with van der Waals surface area (Å²) in [5.74, 6) is 0. The lowest BCUT2D eigenvalue weighted by Crippen LogP contribution is -2.65. The summed E-state index contributed by atoms with van der Waals surface area (Å²) in [6, 6.07) is -2.33. The van der Waals surface area contributed by atoms with Crippen molar-refractivity contribution in [2.24, 2.45) is 22.9 Å². The average molecular weight is 453 g/mol. The first-order valence-corrected chi connectivity index (χ1v) is 10.6. The summed E-state index contributed by atoms with van der Waals surface area (Å²) in [6.07, 6.45) is -9.26. The molecule has 0 radical (unpaired) electrons. The quantitative estimate of drug-likeness (QED) is 0.183. The predicted molar refractivity (Wildman–Crippen MR) is 105 cm³/mol. The van der Waals surface area contributed by atoms with Crippen LogP contribution < -0.4 is 22.9 Å². The Labute approximate surface area is 180 Å². The molecule has 0 spiro atoms. The Bertz CT molecular complexity index is 576. The van der Waals surface area contributed by atoms with E-state index in [-0.39, 0.29) is 13.0 Å². The smallest absolute Gasteiger partial charge is 0.186 e. The van der Waals surface area contributed by atoms with Gasteiger partial charge in [-0.15, -0.1) is 0 Å². The molecule has 0 bridgehead atoms. The van der Waals surface area contributed by atoms with Gasteiger partial charge < -0.3 is 67.4 Å². The average Bonchev–Trinajstić information content (AvgIpc) is 2.74. The van der Waals surface area contributed by atoms with E-state index in [1.807, 2.05) is 0 Å². The van der Waals surface area contributed by atoms with Crippen LogP contribution in [0.5, 0.6) is 0 Å². The van der Waals surface area contributed by atoms with Crippen molar-refractivity contribution in [3.05, 3.63) is 0 Å². The van der Waals surface area contributed by atoms with Crippen LogP contribution in [-0.4, -0.2) is 118 Å². The molecule has 0 aromatic rings. The molecule has 13 N–H and O–H groups in total. The third kappa shape index (κ3) is 5.35. The van der Waals surface area contributed by atoms with Crippen LogP contribution in [0.4, 0.5) is 0 Å². The zero-order valence-electron chi connectivity index (χ0n) is 17.2. The lowest BCUT2D eigenvalue weighted by Gasteiger charge is -2.46. The summed E-state index contributed by atoms with van der Waals surface area (Å²) in [5, 5.41) is 50.5. The molecule has 182 valence electrons. The maximum atomic E-state index is 10.9. The van der Waals surface area contributed by atoms with Gasteiger partial charge in [-0.05, 0) is 19.3 Å². The largest absolute Gasteiger partial charge is 0.394 e. The first-order valence-electron chi connectivity index (χ1n) is 10.6. The number of hydrogen-bond acceptors (Lipinski definition) is 13. The van der Waals surface area contributed by atoms with Crippen molar-refractivity contribution in [3.8, 4) is 0 Å². The molecular formula is C18H36N4O9. The van der Waals surface area contributed by atoms with Gasteiger partial charge in [0, 0.05) is 12.6 Å². The fourth-order valence-electron chi connectivity index (χ4n) is 4.29. The topological polar surface area (TPSA) is 242 Å². The Morgan fingerprint density at radius 2 is 1.48 bits per heavy atom. The van der Waals surface area contributed by atoms with Gasteiger partial charge in [-0.2, -0.15) is 0 Å². The van der Waals surface area contributed by atoms with Crippen LogP contribution in [0.3, 0.4) is 0 Å². The highest BCUT2D eigenvalue weighted by atomic mass is 16.7. The van der Waals surface area contributed by atoms with E-state index in [0.29, 0.717) is 12.8 Å². The maximum absolute atomic E-state index is 10.9. The van der Waals surface area contributed by atoms with Crippen LogP contribution in [0.2, 0.25) is 0 Å². The summed E-state index contributed by atoms with van der Waals surface area (Å²) in [7, 11) is 0. The van der Waals surface area contributed by atoms with E-state index in [0.717, 1.165) is 0 Å². The van der Waals surface area contributed by atoms with Gasteiger partial charge in [0.1, 0.15) is 30.5 Å². The lowest BCUT2D eigenvalue weighted by atomic mass is 9.87. The zero-order chi connectivity index (χ0) is 22.9. The first-order chi connectivity index (χ1) is 14.7. The molecule has 13 heteroatoms. The Balaban J connectivity index is 1.65. The summed E-state index contributed by atoms with van der Waals surface area (Å²) < 4.78 is 22.7. The molecule has 13 nitrogen and oxygen atoms in total. The number of aliphatic hydroxyl groups is 5. The van der Waals surface area contributed by atoms with E-state index >= 15 is 0 Å². The summed E-state index contributed by atoms with van der Waals surface area (Å²) in [4.78, 5) is 0. The molecule has 1 aliphatic carbocycles. The molecule has 31 heavy (non-hydrogen) atoms. The molecule has 0 aromatic carbocycles. The molecule has 0 aromatic heterocycles. The minimum Gasteiger partial charge on any atom is -0.394 e. The highest BCUT2D eigenvalue weighted by Crippen LogP contribution is 2.31. The van der Waals surface area contributed by atoms with Gasteiger partial charge in [-0.25, -0.2) is 0 Å². The third-order valence-electron chi connectivity index (χ3n) is 6.30. The van der Waals surface area contributed by atoms with Gasteiger partial charge in [0.15, 0.2) is 12.6 Å². The van der Waals surface area contributed by atoms with Crippen molar-refractivity contribution in [1.82, 2.24) is 0 Å². The van der Waals surface area contributed by atoms with E-state index in [2.05, 4.69) is 0 Å². The van der Waals surface area contributed by atoms with Crippen LogP contribution in [0.1, 0.15) is 19.3 Å². The van der Waals surface area contributed by atoms with Crippen molar-refractivity contribution in [3.63, 3.8) is 0 Å². The second-order valence-corrected chi connectivity index (χ2v) is 8.54. The fraction of sp³-hybridized carbons (Fsp3) is 1.00. The minimum absolute atomic E-state index is 0.0899. The second-order valence-electron chi connectivity index (χ2n) is 8.54. The SMILES string of the molecule is NC[C@H]1O[C@H](O[C@@H]2CC[C@@H](N)[C@H](O[C@H]3O[C@H](CO)[C@@H](O)[C@@H](N)[C@H]3O)[C@H]2O)[C@H](N)C[C@@H]1O. The van der Waals surface area contributed by atoms with Gasteiger partial charge in [0.25, 0.3) is 0 Å². The van der Waals surface area contributed by atoms with Gasteiger partial charge in [-0.1, -0.05) is 0 Å². The van der Waals surface area contributed by atoms with Gasteiger partial charge in [0.2, 0.25) is 0 Å². The van der Waals surface area contributed by atoms with Crippen molar-refractivity contribution in [2.75, 3.05) is 13.2 Å². The van der Waals surface area contributed by atoms with E-state index in [4.69, 9.17) is 41.9 Å². The number of nitrogens with two attached hydrogens (primary N) is 4. The van der Waals surface area contributed by atoms with Gasteiger partial charge in [-0.3, -0.25) is 0 Å². The molecule has 13 atom stereocenters. The summed E-state index contributed by atoms with van der Waals surface area (Å²) >= 11 is 0. The van der Waals surface area contributed by atoms with E-state index in [9.17, 15) is 25.5 Å². The molecule has 2 aliphatic heterocycles. The summed E-state index contributed by atoms with van der Waals surface area (Å²) in [5.41, 5.74) is 23.6.